The summed E-state index contributed by atoms with van der Waals surface area (Å²) in [5.41, 5.74) is 8.28. The smallest absolute Gasteiger partial charge is 0.239 e. The molecule has 3 rings (SSSR count). The van der Waals surface area contributed by atoms with Gasteiger partial charge in [0.05, 0.1) is 11.3 Å². The van der Waals surface area contributed by atoms with Crippen LogP contribution in [0.15, 0.2) is 54.6 Å². The monoisotopic (exact) mass is 334 g/mol. The molecular weight excluding hydrogens is 312 g/mol. The molecule has 25 heavy (non-hydrogen) atoms. The lowest BCUT2D eigenvalue weighted by Gasteiger charge is -2.29. The number of anilines is 1. The SMILES string of the molecule is N#Cc1ccccc1N1CCCN([C@H](C(N)=O)c2ccccc2)CC1. The Bertz CT molecular complexity index is 769. The number of para-hydroxylation sites is 1. The first-order valence-electron chi connectivity index (χ1n) is 8.53. The summed E-state index contributed by atoms with van der Waals surface area (Å²) in [5, 5.41) is 9.33. The average Bonchev–Trinajstić information content (AvgIpc) is 2.88. The van der Waals surface area contributed by atoms with Crippen molar-refractivity contribution < 1.29 is 4.79 Å². The predicted octanol–water partition coefficient (Wildman–Crippen LogP) is 2.30. The fraction of sp³-hybridized carbons (Fsp3) is 0.300. The lowest BCUT2D eigenvalue weighted by atomic mass is 10.0. The summed E-state index contributed by atoms with van der Waals surface area (Å²) >= 11 is 0. The van der Waals surface area contributed by atoms with Crippen molar-refractivity contribution in [3.63, 3.8) is 0 Å². The Labute approximate surface area is 148 Å². The fourth-order valence-corrected chi connectivity index (χ4v) is 3.47. The highest BCUT2D eigenvalue weighted by Crippen LogP contribution is 2.25. The van der Waals surface area contributed by atoms with Gasteiger partial charge in [-0.15, -0.1) is 0 Å². The van der Waals surface area contributed by atoms with Crippen LogP contribution < -0.4 is 10.6 Å². The van der Waals surface area contributed by atoms with Crippen molar-refractivity contribution in [1.82, 2.24) is 4.90 Å². The molecule has 1 aliphatic heterocycles. The van der Waals surface area contributed by atoms with Crippen molar-refractivity contribution >= 4 is 11.6 Å². The number of carbonyl (C=O) groups excluding carboxylic acids is 1. The third kappa shape index (κ3) is 3.81. The van der Waals surface area contributed by atoms with E-state index >= 15 is 0 Å². The molecule has 5 nitrogen and oxygen atoms in total. The zero-order valence-corrected chi connectivity index (χ0v) is 14.1. The Morgan fingerprint density at radius 1 is 1.00 bits per heavy atom. The molecule has 5 heteroatoms. The zero-order valence-electron chi connectivity index (χ0n) is 14.1. The van der Waals surface area contributed by atoms with Crippen LogP contribution in [0.2, 0.25) is 0 Å². The van der Waals surface area contributed by atoms with E-state index in [-0.39, 0.29) is 5.91 Å². The molecule has 1 saturated heterocycles. The van der Waals surface area contributed by atoms with E-state index in [0.29, 0.717) is 5.56 Å². The number of rotatable bonds is 4. The molecule has 2 aromatic rings. The van der Waals surface area contributed by atoms with Gasteiger partial charge in [-0.05, 0) is 24.1 Å². The first kappa shape index (κ1) is 17.0. The maximum absolute atomic E-state index is 12.1. The highest BCUT2D eigenvalue weighted by Gasteiger charge is 2.27. The van der Waals surface area contributed by atoms with Gasteiger partial charge in [0, 0.05) is 26.2 Å². The number of benzene rings is 2. The number of amides is 1. The molecule has 0 saturated carbocycles. The summed E-state index contributed by atoms with van der Waals surface area (Å²) in [5.74, 6) is -0.322. The second-order valence-corrected chi connectivity index (χ2v) is 6.22. The van der Waals surface area contributed by atoms with Gasteiger partial charge in [0.15, 0.2) is 0 Å². The van der Waals surface area contributed by atoms with Crippen LogP contribution in [0.5, 0.6) is 0 Å². The second-order valence-electron chi connectivity index (χ2n) is 6.22. The van der Waals surface area contributed by atoms with E-state index in [2.05, 4.69) is 15.9 Å². The molecule has 2 aromatic carbocycles. The van der Waals surface area contributed by atoms with Gasteiger partial charge in [0.1, 0.15) is 12.1 Å². The van der Waals surface area contributed by atoms with E-state index in [0.717, 1.165) is 43.9 Å². The molecule has 0 spiro atoms. The van der Waals surface area contributed by atoms with Gasteiger partial charge < -0.3 is 10.6 Å². The number of carbonyl (C=O) groups is 1. The largest absolute Gasteiger partial charge is 0.369 e. The molecule has 0 aromatic heterocycles. The van der Waals surface area contributed by atoms with Gasteiger partial charge in [-0.25, -0.2) is 0 Å². The quantitative estimate of drug-likeness (QED) is 0.931. The van der Waals surface area contributed by atoms with Crippen LogP contribution in [-0.2, 0) is 4.79 Å². The van der Waals surface area contributed by atoms with Gasteiger partial charge in [0.2, 0.25) is 5.91 Å². The summed E-state index contributed by atoms with van der Waals surface area (Å²) in [6.07, 6.45) is 0.913. The normalized spacial score (nSPS) is 16.7. The van der Waals surface area contributed by atoms with Gasteiger partial charge in [-0.1, -0.05) is 42.5 Å². The lowest BCUT2D eigenvalue weighted by molar-refractivity contribution is -0.123. The van der Waals surface area contributed by atoms with Crippen LogP contribution in [0.3, 0.4) is 0 Å². The van der Waals surface area contributed by atoms with E-state index in [4.69, 9.17) is 5.73 Å². The minimum absolute atomic E-state index is 0.322. The van der Waals surface area contributed by atoms with Crippen molar-refractivity contribution in [3.05, 3.63) is 65.7 Å². The van der Waals surface area contributed by atoms with E-state index in [9.17, 15) is 10.1 Å². The zero-order chi connectivity index (χ0) is 17.6. The summed E-state index contributed by atoms with van der Waals surface area (Å²) in [7, 11) is 0. The number of nitrogens with two attached hydrogens (primary N) is 1. The Morgan fingerprint density at radius 3 is 2.44 bits per heavy atom. The summed E-state index contributed by atoms with van der Waals surface area (Å²) < 4.78 is 0. The second kappa shape index (κ2) is 7.82. The number of hydrogen-bond donors (Lipinski definition) is 1. The number of primary amides is 1. The Balaban J connectivity index is 1.79. The third-order valence-electron chi connectivity index (χ3n) is 4.65. The van der Waals surface area contributed by atoms with Crippen LogP contribution >= 0.6 is 0 Å². The van der Waals surface area contributed by atoms with E-state index in [1.165, 1.54) is 0 Å². The molecule has 1 aliphatic rings. The number of nitriles is 1. The number of nitrogens with zero attached hydrogens (tertiary/aromatic N) is 3. The van der Waals surface area contributed by atoms with Crippen LogP contribution in [-0.4, -0.2) is 37.0 Å². The minimum atomic E-state index is -0.410. The Kier molecular flexibility index (Phi) is 5.32. The molecular formula is C20H22N4O. The maximum atomic E-state index is 12.1. The van der Waals surface area contributed by atoms with E-state index in [1.807, 2.05) is 54.6 Å². The molecule has 0 unspecified atom stereocenters. The first-order valence-corrected chi connectivity index (χ1v) is 8.53. The molecule has 1 heterocycles. The van der Waals surface area contributed by atoms with Crippen LogP contribution in [0.25, 0.3) is 0 Å². The minimum Gasteiger partial charge on any atom is -0.369 e. The van der Waals surface area contributed by atoms with Crippen molar-refractivity contribution in [2.75, 3.05) is 31.1 Å². The average molecular weight is 334 g/mol. The summed E-state index contributed by atoms with van der Waals surface area (Å²) in [6.45, 7) is 3.14. The summed E-state index contributed by atoms with van der Waals surface area (Å²) in [6, 6.07) is 19.2. The van der Waals surface area contributed by atoms with Crippen molar-refractivity contribution in [2.24, 2.45) is 5.73 Å². The molecule has 1 amide bonds. The lowest BCUT2D eigenvalue weighted by Crippen LogP contribution is -2.40. The van der Waals surface area contributed by atoms with Gasteiger partial charge in [0.25, 0.3) is 0 Å². The molecule has 128 valence electrons. The van der Waals surface area contributed by atoms with Crippen molar-refractivity contribution in [1.29, 1.82) is 5.26 Å². The van der Waals surface area contributed by atoms with Crippen LogP contribution in [0.4, 0.5) is 5.69 Å². The van der Waals surface area contributed by atoms with Crippen molar-refractivity contribution in [3.8, 4) is 6.07 Å². The molecule has 0 radical (unpaired) electrons. The van der Waals surface area contributed by atoms with Crippen LogP contribution in [0, 0.1) is 11.3 Å². The molecule has 2 N–H and O–H groups in total. The molecule has 1 fully saturated rings. The van der Waals surface area contributed by atoms with E-state index < -0.39 is 6.04 Å². The Hall–Kier alpha value is -2.84. The summed E-state index contributed by atoms with van der Waals surface area (Å²) in [4.78, 5) is 16.5. The highest BCUT2D eigenvalue weighted by atomic mass is 16.1. The van der Waals surface area contributed by atoms with Gasteiger partial charge in [-0.2, -0.15) is 5.26 Å². The molecule has 0 aliphatic carbocycles. The molecule has 0 bridgehead atoms. The standard InChI is InChI=1S/C20H22N4O/c21-15-17-9-4-5-10-18(17)23-11-6-12-24(14-13-23)19(20(22)25)16-7-2-1-3-8-16/h1-5,7-10,19H,6,11-14H2,(H2,22,25)/t19-/m0/s1. The fourth-order valence-electron chi connectivity index (χ4n) is 3.47. The highest BCUT2D eigenvalue weighted by molar-refractivity contribution is 5.81. The molecule has 1 atom stereocenters. The number of hydrogen-bond acceptors (Lipinski definition) is 4. The maximum Gasteiger partial charge on any atom is 0.239 e. The van der Waals surface area contributed by atoms with Crippen LogP contribution in [0.1, 0.15) is 23.6 Å². The third-order valence-corrected chi connectivity index (χ3v) is 4.65. The predicted molar refractivity (Wildman–Crippen MR) is 97.9 cm³/mol. The van der Waals surface area contributed by atoms with E-state index in [1.54, 1.807) is 0 Å². The Morgan fingerprint density at radius 2 is 1.72 bits per heavy atom. The van der Waals surface area contributed by atoms with Gasteiger partial charge in [-0.3, -0.25) is 9.69 Å². The van der Waals surface area contributed by atoms with Crippen molar-refractivity contribution in [2.45, 2.75) is 12.5 Å². The first-order chi connectivity index (χ1) is 12.2. The topological polar surface area (TPSA) is 73.4 Å². The van der Waals surface area contributed by atoms with Gasteiger partial charge >= 0.3 is 0 Å².